The summed E-state index contributed by atoms with van der Waals surface area (Å²) >= 11 is 0. The highest BCUT2D eigenvalue weighted by Crippen LogP contribution is 2.34. The average Bonchev–Trinajstić information content (AvgIpc) is 2.97. The molecule has 0 radical (unpaired) electrons. The summed E-state index contributed by atoms with van der Waals surface area (Å²) in [5.41, 5.74) is 0.0808. The minimum Gasteiger partial charge on any atom is -0.386 e. The van der Waals surface area contributed by atoms with Gasteiger partial charge in [-0.25, -0.2) is 9.97 Å². The highest BCUT2D eigenvalue weighted by molar-refractivity contribution is 6.39. The van der Waals surface area contributed by atoms with Gasteiger partial charge in [0.15, 0.2) is 5.60 Å². The molecule has 0 unspecified atom stereocenters. The Morgan fingerprint density at radius 2 is 2.13 bits per heavy atom. The van der Waals surface area contributed by atoms with Crippen molar-refractivity contribution in [3.8, 4) is 0 Å². The smallest absolute Gasteiger partial charge is 0.271 e. The number of anilines is 1. The molecule has 0 aliphatic carbocycles. The van der Waals surface area contributed by atoms with Crippen LogP contribution in [0.2, 0.25) is 0 Å². The number of carbonyl (C=O) groups is 1. The van der Waals surface area contributed by atoms with E-state index in [0.717, 1.165) is 19.4 Å². The zero-order chi connectivity index (χ0) is 16.4. The number of piperidine rings is 1. The third-order valence-electron chi connectivity index (χ3n) is 4.56. The van der Waals surface area contributed by atoms with Gasteiger partial charge in [-0.15, -0.1) is 0 Å². The number of amides is 1. The van der Waals surface area contributed by atoms with Crippen LogP contribution in [0.1, 0.15) is 33.1 Å². The first-order valence-corrected chi connectivity index (χ1v) is 8.05. The van der Waals surface area contributed by atoms with Gasteiger partial charge in [0.05, 0.1) is 6.54 Å². The van der Waals surface area contributed by atoms with E-state index in [4.69, 9.17) is 4.84 Å². The van der Waals surface area contributed by atoms with Crippen molar-refractivity contribution in [2.24, 2.45) is 5.16 Å². The van der Waals surface area contributed by atoms with Crippen molar-refractivity contribution < 1.29 is 9.63 Å². The zero-order valence-corrected chi connectivity index (χ0v) is 13.9. The largest absolute Gasteiger partial charge is 0.386 e. The molecule has 1 spiro atoms. The molecule has 1 aromatic rings. The molecule has 7 nitrogen and oxygen atoms in total. The van der Waals surface area contributed by atoms with Crippen LogP contribution in [0.4, 0.5) is 5.95 Å². The quantitative estimate of drug-likeness (QED) is 0.844. The fourth-order valence-electron chi connectivity index (χ4n) is 3.02. The summed E-state index contributed by atoms with van der Waals surface area (Å²) in [6.07, 6.45) is 5.88. The van der Waals surface area contributed by atoms with Gasteiger partial charge in [0.2, 0.25) is 5.95 Å². The Kier molecular flexibility index (Phi) is 4.19. The van der Waals surface area contributed by atoms with E-state index in [1.165, 1.54) is 0 Å². The van der Waals surface area contributed by atoms with E-state index in [0.29, 0.717) is 24.6 Å². The molecule has 1 atom stereocenters. The fourth-order valence-corrected chi connectivity index (χ4v) is 3.02. The Morgan fingerprint density at radius 1 is 1.39 bits per heavy atom. The van der Waals surface area contributed by atoms with Crippen molar-refractivity contribution in [1.82, 2.24) is 14.9 Å². The van der Waals surface area contributed by atoms with Crippen molar-refractivity contribution >= 4 is 17.6 Å². The van der Waals surface area contributed by atoms with Crippen molar-refractivity contribution in [3.63, 3.8) is 0 Å². The van der Waals surface area contributed by atoms with Crippen LogP contribution in [0, 0.1) is 0 Å². The summed E-state index contributed by atoms with van der Waals surface area (Å²) < 4.78 is 0. The summed E-state index contributed by atoms with van der Waals surface area (Å²) in [6, 6.07) is 1.94. The maximum atomic E-state index is 12.4. The molecule has 1 amide bonds. The van der Waals surface area contributed by atoms with E-state index in [2.05, 4.69) is 20.0 Å². The van der Waals surface area contributed by atoms with E-state index >= 15 is 0 Å². The highest BCUT2D eigenvalue weighted by atomic mass is 16.7. The SMILES string of the molecule is CC(C)N(C)C(=O)C1=NO[C@@]2(CCCN(c3ncccn3)C2)C1. The number of hydrogen-bond acceptors (Lipinski definition) is 6. The number of aromatic nitrogens is 2. The first-order chi connectivity index (χ1) is 11.0. The lowest BCUT2D eigenvalue weighted by atomic mass is 9.88. The predicted molar refractivity (Wildman–Crippen MR) is 87.3 cm³/mol. The Morgan fingerprint density at radius 3 is 2.83 bits per heavy atom. The number of carbonyl (C=O) groups excluding carboxylic acids is 1. The first-order valence-electron chi connectivity index (χ1n) is 8.05. The molecule has 0 N–H and O–H groups in total. The summed E-state index contributed by atoms with van der Waals surface area (Å²) in [6.45, 7) is 5.52. The lowest BCUT2D eigenvalue weighted by Crippen LogP contribution is -2.49. The molecule has 1 saturated heterocycles. The molecular formula is C16H23N5O2. The molecule has 3 rings (SSSR count). The number of hydrogen-bond donors (Lipinski definition) is 0. The van der Waals surface area contributed by atoms with E-state index in [-0.39, 0.29) is 11.9 Å². The molecule has 124 valence electrons. The minimum atomic E-state index is -0.430. The third kappa shape index (κ3) is 3.13. The fraction of sp³-hybridized carbons (Fsp3) is 0.625. The second kappa shape index (κ2) is 6.14. The molecule has 0 saturated carbocycles. The molecular weight excluding hydrogens is 294 g/mol. The van der Waals surface area contributed by atoms with Gasteiger partial charge in [-0.1, -0.05) is 5.16 Å². The van der Waals surface area contributed by atoms with E-state index < -0.39 is 5.60 Å². The molecule has 7 heteroatoms. The van der Waals surface area contributed by atoms with Gasteiger partial charge in [-0.2, -0.15) is 0 Å². The molecule has 23 heavy (non-hydrogen) atoms. The number of rotatable bonds is 3. The van der Waals surface area contributed by atoms with Crippen LogP contribution >= 0.6 is 0 Å². The van der Waals surface area contributed by atoms with Crippen LogP contribution < -0.4 is 4.90 Å². The highest BCUT2D eigenvalue weighted by Gasteiger charge is 2.45. The molecule has 2 aliphatic rings. The topological polar surface area (TPSA) is 70.9 Å². The average molecular weight is 317 g/mol. The van der Waals surface area contributed by atoms with Crippen molar-refractivity contribution in [2.75, 3.05) is 25.0 Å². The van der Waals surface area contributed by atoms with Crippen molar-refractivity contribution in [3.05, 3.63) is 18.5 Å². The Bertz CT molecular complexity index is 604. The molecule has 3 heterocycles. The van der Waals surface area contributed by atoms with Crippen LogP contribution in [-0.2, 0) is 9.63 Å². The summed E-state index contributed by atoms with van der Waals surface area (Å²) in [5.74, 6) is 0.652. The van der Waals surface area contributed by atoms with Crippen molar-refractivity contribution in [1.29, 1.82) is 0 Å². The Labute approximate surface area is 136 Å². The third-order valence-corrected chi connectivity index (χ3v) is 4.56. The van der Waals surface area contributed by atoms with Gasteiger partial charge >= 0.3 is 0 Å². The Hall–Kier alpha value is -2.18. The van der Waals surface area contributed by atoms with Crippen LogP contribution in [0.5, 0.6) is 0 Å². The molecule has 1 fully saturated rings. The van der Waals surface area contributed by atoms with Crippen LogP contribution in [0.25, 0.3) is 0 Å². The second-order valence-corrected chi connectivity index (χ2v) is 6.57. The normalized spacial score (nSPS) is 23.8. The van der Waals surface area contributed by atoms with E-state index in [1.807, 2.05) is 13.8 Å². The zero-order valence-electron chi connectivity index (χ0n) is 13.9. The monoisotopic (exact) mass is 317 g/mol. The van der Waals surface area contributed by atoms with Gasteiger partial charge in [0.1, 0.15) is 5.71 Å². The van der Waals surface area contributed by atoms with Gasteiger partial charge < -0.3 is 14.6 Å². The molecule has 1 aromatic heterocycles. The van der Waals surface area contributed by atoms with Gasteiger partial charge in [0.25, 0.3) is 5.91 Å². The maximum Gasteiger partial charge on any atom is 0.271 e. The lowest BCUT2D eigenvalue weighted by Gasteiger charge is -2.38. The molecule has 0 aromatic carbocycles. The molecule has 2 aliphatic heterocycles. The molecule has 0 bridgehead atoms. The van der Waals surface area contributed by atoms with Gasteiger partial charge in [0, 0.05) is 38.4 Å². The summed E-state index contributed by atoms with van der Waals surface area (Å²) in [7, 11) is 1.80. The minimum absolute atomic E-state index is 0.0510. The first kappa shape index (κ1) is 15.7. The van der Waals surface area contributed by atoms with E-state index in [9.17, 15) is 4.79 Å². The summed E-state index contributed by atoms with van der Waals surface area (Å²) in [5, 5.41) is 4.10. The maximum absolute atomic E-state index is 12.4. The summed E-state index contributed by atoms with van der Waals surface area (Å²) in [4.78, 5) is 30.6. The standard InChI is InChI=1S/C16H23N5O2/c1-12(2)20(3)14(22)13-10-16(23-19-13)6-4-9-21(11-16)15-17-7-5-8-18-15/h5,7-8,12H,4,6,9-11H2,1-3H3/t16-/m0/s1. The lowest BCUT2D eigenvalue weighted by molar-refractivity contribution is -0.124. The van der Waals surface area contributed by atoms with Crippen LogP contribution in [0.15, 0.2) is 23.6 Å². The van der Waals surface area contributed by atoms with Gasteiger partial charge in [-0.05, 0) is 32.8 Å². The van der Waals surface area contributed by atoms with Crippen molar-refractivity contribution in [2.45, 2.75) is 44.8 Å². The Balaban J connectivity index is 1.69. The number of nitrogens with zero attached hydrogens (tertiary/aromatic N) is 5. The number of oxime groups is 1. The van der Waals surface area contributed by atoms with Crippen LogP contribution in [-0.4, -0.2) is 58.3 Å². The predicted octanol–water partition coefficient (Wildman–Crippen LogP) is 1.46. The van der Waals surface area contributed by atoms with Gasteiger partial charge in [-0.3, -0.25) is 4.79 Å². The van der Waals surface area contributed by atoms with Crippen LogP contribution in [0.3, 0.4) is 0 Å². The second-order valence-electron chi connectivity index (χ2n) is 6.57. The van der Waals surface area contributed by atoms with E-state index in [1.54, 1.807) is 30.4 Å².